The fourth-order valence-corrected chi connectivity index (χ4v) is 4.73. The van der Waals surface area contributed by atoms with E-state index >= 15 is 0 Å². The number of β-amino-alcohol motifs (C(OH)–C–C–N with tert-alkyl or cyclic N) is 1. The predicted octanol–water partition coefficient (Wildman–Crippen LogP) is 1.94. The van der Waals surface area contributed by atoms with E-state index in [2.05, 4.69) is 15.3 Å². The summed E-state index contributed by atoms with van der Waals surface area (Å²) >= 11 is 6.40. The fraction of sp³-hybridized carbons (Fsp3) is 0.478. The first-order valence-corrected chi connectivity index (χ1v) is 11.6. The number of likely N-dealkylation sites (tertiary alicyclic amines) is 1. The summed E-state index contributed by atoms with van der Waals surface area (Å²) in [6, 6.07) is 5.81. The van der Waals surface area contributed by atoms with Gasteiger partial charge in [-0.05, 0) is 30.9 Å². The van der Waals surface area contributed by atoms with Gasteiger partial charge in [0.1, 0.15) is 6.54 Å². The van der Waals surface area contributed by atoms with Crippen molar-refractivity contribution in [3.8, 4) is 11.3 Å². The van der Waals surface area contributed by atoms with Crippen molar-refractivity contribution in [3.63, 3.8) is 0 Å². The second kappa shape index (κ2) is 9.24. The topological polar surface area (TPSA) is 108 Å². The van der Waals surface area contributed by atoms with Crippen LogP contribution in [0.5, 0.6) is 0 Å². The van der Waals surface area contributed by atoms with Gasteiger partial charge in [0.05, 0.1) is 23.0 Å². The fourth-order valence-electron chi connectivity index (χ4n) is 4.53. The molecule has 2 fully saturated rings. The third-order valence-corrected chi connectivity index (χ3v) is 6.68. The lowest BCUT2D eigenvalue weighted by molar-refractivity contribution is -0.131. The van der Waals surface area contributed by atoms with Crippen LogP contribution in [0.4, 0.5) is 5.95 Å². The van der Waals surface area contributed by atoms with Gasteiger partial charge >= 0.3 is 0 Å². The number of nitrogens with zero attached hydrogens (tertiary/aromatic N) is 4. The van der Waals surface area contributed by atoms with Gasteiger partial charge in [0.25, 0.3) is 5.91 Å². The molecule has 0 aliphatic carbocycles. The maximum atomic E-state index is 13.0. The Bertz CT molecular complexity index is 1070. The first kappa shape index (κ1) is 22.1. The average Bonchev–Trinajstić information content (AvgIpc) is 3.39. The summed E-state index contributed by atoms with van der Waals surface area (Å²) < 4.78 is 5.40. The Morgan fingerprint density at radius 1 is 1.27 bits per heavy atom. The van der Waals surface area contributed by atoms with E-state index in [1.807, 2.05) is 12.1 Å². The quantitative estimate of drug-likeness (QED) is 0.686. The molecule has 0 spiro atoms. The highest BCUT2D eigenvalue weighted by atomic mass is 35.5. The Morgan fingerprint density at radius 2 is 2.09 bits per heavy atom. The zero-order chi connectivity index (χ0) is 22.9. The number of aromatic nitrogens is 2. The summed E-state index contributed by atoms with van der Waals surface area (Å²) in [6.45, 7) is 2.66. The summed E-state index contributed by atoms with van der Waals surface area (Å²) in [5.41, 5.74) is 2.69. The maximum absolute atomic E-state index is 13.0. The van der Waals surface area contributed by atoms with Crippen LogP contribution in [0.1, 0.15) is 35.2 Å². The second-order valence-corrected chi connectivity index (χ2v) is 9.14. The number of halogens is 1. The molecule has 2 amide bonds. The van der Waals surface area contributed by atoms with Crippen LogP contribution < -0.4 is 5.32 Å². The molecule has 1 aromatic carbocycles. The molecule has 5 rings (SSSR count). The molecule has 33 heavy (non-hydrogen) atoms. The molecule has 3 aliphatic rings. The molecular weight excluding hydrogens is 446 g/mol. The van der Waals surface area contributed by atoms with Crippen LogP contribution in [0.2, 0.25) is 5.02 Å². The lowest BCUT2D eigenvalue weighted by Crippen LogP contribution is -2.39. The zero-order valence-corrected chi connectivity index (χ0v) is 18.9. The van der Waals surface area contributed by atoms with Crippen molar-refractivity contribution in [1.82, 2.24) is 19.8 Å². The van der Waals surface area contributed by atoms with Crippen molar-refractivity contribution in [1.29, 1.82) is 0 Å². The van der Waals surface area contributed by atoms with E-state index in [0.717, 1.165) is 24.0 Å². The predicted molar refractivity (Wildman–Crippen MR) is 122 cm³/mol. The van der Waals surface area contributed by atoms with Crippen LogP contribution >= 0.6 is 11.6 Å². The number of carbonyl (C=O) groups excluding carboxylic acids is 2. The number of nitrogens with one attached hydrogen (secondary N) is 1. The van der Waals surface area contributed by atoms with Gasteiger partial charge in [-0.3, -0.25) is 9.59 Å². The largest absolute Gasteiger partial charge is 0.391 e. The van der Waals surface area contributed by atoms with Gasteiger partial charge in [-0.1, -0.05) is 23.7 Å². The van der Waals surface area contributed by atoms with Crippen molar-refractivity contribution in [2.24, 2.45) is 0 Å². The molecule has 174 valence electrons. The summed E-state index contributed by atoms with van der Waals surface area (Å²) in [4.78, 5) is 37.6. The molecule has 0 unspecified atom stereocenters. The first-order valence-electron chi connectivity index (χ1n) is 11.2. The third-order valence-electron chi connectivity index (χ3n) is 6.40. The van der Waals surface area contributed by atoms with Crippen molar-refractivity contribution < 1.29 is 19.4 Å². The van der Waals surface area contributed by atoms with E-state index in [4.69, 9.17) is 16.3 Å². The van der Waals surface area contributed by atoms with Gasteiger partial charge in [-0.15, -0.1) is 0 Å². The van der Waals surface area contributed by atoms with E-state index in [1.165, 1.54) is 0 Å². The number of hydrogen-bond acceptors (Lipinski definition) is 7. The normalized spacial score (nSPS) is 20.9. The standard InChI is InChI=1S/C23H26ClN5O4/c24-19-10-25-23(26-16-4-7-33-8-5-16)27-21(19)14-1-2-15-11-29(22(32)18(15)9-14)13-20(31)28-6-3-17(30)12-28/h1-2,9-10,16-17,30H,3-8,11-13H2,(H,25,26,27)/t17-/m1/s1. The first-order chi connectivity index (χ1) is 16.0. The number of fused-ring (bicyclic) bond motifs is 1. The number of ether oxygens (including phenoxy) is 1. The van der Waals surface area contributed by atoms with Crippen molar-refractivity contribution in [3.05, 3.63) is 40.5 Å². The van der Waals surface area contributed by atoms with E-state index in [0.29, 0.717) is 61.5 Å². The summed E-state index contributed by atoms with van der Waals surface area (Å²) in [6.07, 6.45) is 3.44. The number of carbonyl (C=O) groups is 2. The van der Waals surface area contributed by atoms with Crippen molar-refractivity contribution >= 4 is 29.4 Å². The molecule has 0 radical (unpaired) electrons. The molecule has 4 heterocycles. The number of hydrogen-bond donors (Lipinski definition) is 2. The maximum Gasteiger partial charge on any atom is 0.254 e. The zero-order valence-electron chi connectivity index (χ0n) is 18.2. The number of rotatable bonds is 5. The Kier molecular flexibility index (Phi) is 6.18. The van der Waals surface area contributed by atoms with E-state index in [-0.39, 0.29) is 24.4 Å². The van der Waals surface area contributed by atoms with Gasteiger partial charge in [-0.25, -0.2) is 9.97 Å². The number of anilines is 1. The number of aliphatic hydroxyl groups excluding tert-OH is 1. The number of benzene rings is 1. The van der Waals surface area contributed by atoms with E-state index < -0.39 is 6.10 Å². The van der Waals surface area contributed by atoms with Crippen LogP contribution in [0.25, 0.3) is 11.3 Å². The van der Waals surface area contributed by atoms with Crippen LogP contribution in [-0.4, -0.2) is 81.7 Å². The highest BCUT2D eigenvalue weighted by Gasteiger charge is 2.32. The van der Waals surface area contributed by atoms with Crippen molar-refractivity contribution in [2.45, 2.75) is 38.0 Å². The molecule has 2 aromatic rings. The van der Waals surface area contributed by atoms with Crippen molar-refractivity contribution in [2.75, 3.05) is 38.2 Å². The number of amides is 2. The lowest BCUT2D eigenvalue weighted by atomic mass is 10.0. The Morgan fingerprint density at radius 3 is 2.85 bits per heavy atom. The summed E-state index contributed by atoms with van der Waals surface area (Å²) in [7, 11) is 0. The van der Waals surface area contributed by atoms with E-state index in [1.54, 1.807) is 22.1 Å². The van der Waals surface area contributed by atoms with Crippen LogP contribution in [0.15, 0.2) is 24.4 Å². The van der Waals surface area contributed by atoms with Gasteiger partial charge in [-0.2, -0.15) is 0 Å². The van der Waals surface area contributed by atoms with Crippen LogP contribution in [-0.2, 0) is 16.1 Å². The minimum Gasteiger partial charge on any atom is -0.391 e. The van der Waals surface area contributed by atoms with E-state index in [9.17, 15) is 14.7 Å². The third kappa shape index (κ3) is 4.66. The SMILES string of the molecule is O=C(CN1Cc2ccc(-c3nc(NC4CCOCC4)ncc3Cl)cc2C1=O)N1CC[C@@H](O)C1. The Balaban J connectivity index is 1.32. The lowest BCUT2D eigenvalue weighted by Gasteiger charge is -2.23. The molecule has 3 aliphatic heterocycles. The molecule has 2 N–H and O–H groups in total. The molecule has 1 aromatic heterocycles. The van der Waals surface area contributed by atoms with Gasteiger partial charge < -0.3 is 25.0 Å². The Hall–Kier alpha value is -2.75. The average molecular weight is 472 g/mol. The second-order valence-electron chi connectivity index (χ2n) is 8.74. The molecule has 9 nitrogen and oxygen atoms in total. The van der Waals surface area contributed by atoms with Gasteiger partial charge in [0.15, 0.2) is 0 Å². The summed E-state index contributed by atoms with van der Waals surface area (Å²) in [5.74, 6) is 0.162. The van der Waals surface area contributed by atoms with Gasteiger partial charge in [0.2, 0.25) is 11.9 Å². The molecule has 10 heteroatoms. The minimum atomic E-state index is -0.480. The highest BCUT2D eigenvalue weighted by molar-refractivity contribution is 6.33. The minimum absolute atomic E-state index is 0.00298. The molecular formula is C23H26ClN5O4. The smallest absolute Gasteiger partial charge is 0.254 e. The Labute approximate surface area is 196 Å². The molecule has 2 saturated heterocycles. The molecule has 0 saturated carbocycles. The van der Waals surface area contributed by atoms with Gasteiger partial charge in [0, 0.05) is 50.0 Å². The molecule has 1 atom stereocenters. The molecule has 0 bridgehead atoms. The van der Waals surface area contributed by atoms with Crippen LogP contribution in [0, 0.1) is 0 Å². The highest BCUT2D eigenvalue weighted by Crippen LogP contribution is 2.31. The number of aliphatic hydroxyl groups is 1. The monoisotopic (exact) mass is 471 g/mol. The van der Waals surface area contributed by atoms with Crippen LogP contribution in [0.3, 0.4) is 0 Å². The summed E-state index contributed by atoms with van der Waals surface area (Å²) in [5, 5.41) is 13.4.